The van der Waals surface area contributed by atoms with Crippen LogP contribution < -0.4 is 0 Å². The maximum absolute atomic E-state index is 9.68. The summed E-state index contributed by atoms with van der Waals surface area (Å²) < 4.78 is 4.94. The van der Waals surface area contributed by atoms with Crippen LogP contribution in [0.5, 0.6) is 0 Å². The zero-order chi connectivity index (χ0) is 11.4. The minimum atomic E-state index is -0.379. The van der Waals surface area contributed by atoms with Crippen LogP contribution in [0.25, 0.3) is 0 Å². The zero-order valence-electron chi connectivity index (χ0n) is 9.72. The van der Waals surface area contributed by atoms with Gasteiger partial charge in [-0.05, 0) is 17.5 Å². The second-order valence-corrected chi connectivity index (χ2v) is 4.36. The second kappa shape index (κ2) is 5.43. The van der Waals surface area contributed by atoms with Crippen molar-refractivity contribution < 1.29 is 9.84 Å². The van der Waals surface area contributed by atoms with Gasteiger partial charge in [0.1, 0.15) is 0 Å². The van der Waals surface area contributed by atoms with Crippen molar-refractivity contribution in [3.8, 4) is 0 Å². The predicted molar refractivity (Wildman–Crippen MR) is 63.3 cm³/mol. The molecule has 1 aromatic carbocycles. The van der Waals surface area contributed by atoms with Crippen molar-refractivity contribution in [3.63, 3.8) is 0 Å². The van der Waals surface area contributed by atoms with Gasteiger partial charge >= 0.3 is 0 Å². The van der Waals surface area contributed by atoms with Crippen LogP contribution >= 0.6 is 0 Å². The van der Waals surface area contributed by atoms with Crippen LogP contribution in [0.3, 0.4) is 0 Å². The van der Waals surface area contributed by atoms with Crippen molar-refractivity contribution in [2.24, 2.45) is 0 Å². The first kappa shape index (κ1) is 11.6. The molecule has 0 spiro atoms. The molecule has 0 amide bonds. The molecule has 1 N–H and O–H groups in total. The number of rotatable bonds is 4. The van der Waals surface area contributed by atoms with Gasteiger partial charge in [-0.2, -0.15) is 0 Å². The van der Waals surface area contributed by atoms with Gasteiger partial charge in [0.25, 0.3) is 0 Å². The van der Waals surface area contributed by atoms with E-state index >= 15 is 0 Å². The molecule has 0 fully saturated rings. The van der Waals surface area contributed by atoms with E-state index in [4.69, 9.17) is 4.74 Å². The predicted octanol–water partition coefficient (Wildman–Crippen LogP) is 1.05. The van der Waals surface area contributed by atoms with Crippen LogP contribution in [0, 0.1) is 0 Å². The Labute approximate surface area is 96.6 Å². The molecule has 0 radical (unpaired) electrons. The van der Waals surface area contributed by atoms with Crippen LogP contribution in [-0.2, 0) is 17.7 Å². The monoisotopic (exact) mass is 221 g/mol. The molecule has 1 aliphatic heterocycles. The Morgan fingerprint density at radius 2 is 2.12 bits per heavy atom. The summed E-state index contributed by atoms with van der Waals surface area (Å²) in [6, 6.07) is 8.53. The molecular weight excluding hydrogens is 202 g/mol. The van der Waals surface area contributed by atoms with Gasteiger partial charge in [0.15, 0.2) is 0 Å². The van der Waals surface area contributed by atoms with E-state index in [2.05, 4.69) is 29.2 Å². The van der Waals surface area contributed by atoms with Crippen molar-refractivity contribution in [3.05, 3.63) is 35.4 Å². The third-order valence-corrected chi connectivity index (χ3v) is 3.04. The molecule has 3 nitrogen and oxygen atoms in total. The quantitative estimate of drug-likeness (QED) is 0.825. The Morgan fingerprint density at radius 1 is 1.38 bits per heavy atom. The molecule has 1 unspecified atom stereocenters. The van der Waals surface area contributed by atoms with Gasteiger partial charge in [0.2, 0.25) is 0 Å². The first-order chi connectivity index (χ1) is 7.79. The first-order valence-corrected chi connectivity index (χ1v) is 5.75. The fourth-order valence-corrected chi connectivity index (χ4v) is 2.25. The lowest BCUT2D eigenvalue weighted by Crippen LogP contribution is -2.38. The molecule has 0 saturated carbocycles. The number of hydrogen-bond acceptors (Lipinski definition) is 3. The van der Waals surface area contributed by atoms with Gasteiger partial charge in [0.05, 0.1) is 12.7 Å². The lowest BCUT2D eigenvalue weighted by Gasteiger charge is -2.30. The largest absolute Gasteiger partial charge is 0.389 e. The maximum atomic E-state index is 9.68. The van der Waals surface area contributed by atoms with Crippen molar-refractivity contribution in [1.29, 1.82) is 0 Å². The molecule has 3 heteroatoms. The summed E-state index contributed by atoms with van der Waals surface area (Å²) in [7, 11) is 1.62. The van der Waals surface area contributed by atoms with Crippen LogP contribution in [-0.4, -0.2) is 42.9 Å². The van der Waals surface area contributed by atoms with Gasteiger partial charge in [-0.3, -0.25) is 4.90 Å². The van der Waals surface area contributed by atoms with E-state index < -0.39 is 0 Å². The number of fused-ring (bicyclic) bond motifs is 1. The highest BCUT2D eigenvalue weighted by Gasteiger charge is 2.17. The summed E-state index contributed by atoms with van der Waals surface area (Å²) in [6.45, 7) is 3.08. The number of β-amino-alcohol motifs (C(OH)–C–C–N with tert-alkyl or cyclic N) is 1. The van der Waals surface area contributed by atoms with Gasteiger partial charge in [-0.25, -0.2) is 0 Å². The molecule has 16 heavy (non-hydrogen) atoms. The molecule has 1 atom stereocenters. The fraction of sp³-hybridized carbons (Fsp3) is 0.538. The van der Waals surface area contributed by atoms with Crippen molar-refractivity contribution in [2.75, 3.05) is 26.8 Å². The maximum Gasteiger partial charge on any atom is 0.0900 e. The molecule has 2 rings (SSSR count). The average Bonchev–Trinajstić information content (AvgIpc) is 2.29. The van der Waals surface area contributed by atoms with E-state index in [1.165, 1.54) is 11.1 Å². The number of aliphatic hydroxyl groups excluding tert-OH is 1. The Kier molecular flexibility index (Phi) is 3.93. The first-order valence-electron chi connectivity index (χ1n) is 5.75. The number of aliphatic hydroxyl groups is 1. The Balaban J connectivity index is 1.92. The van der Waals surface area contributed by atoms with Crippen LogP contribution in [0.15, 0.2) is 24.3 Å². The topological polar surface area (TPSA) is 32.7 Å². The molecule has 88 valence electrons. The van der Waals surface area contributed by atoms with Crippen molar-refractivity contribution >= 4 is 0 Å². The number of hydrogen-bond donors (Lipinski definition) is 1. The van der Waals surface area contributed by atoms with Crippen LogP contribution in [0.1, 0.15) is 11.1 Å². The van der Waals surface area contributed by atoms with Crippen LogP contribution in [0.4, 0.5) is 0 Å². The Morgan fingerprint density at radius 3 is 2.88 bits per heavy atom. The Hall–Kier alpha value is -0.900. The Bertz CT molecular complexity index is 340. The summed E-state index contributed by atoms with van der Waals surface area (Å²) >= 11 is 0. The van der Waals surface area contributed by atoms with E-state index in [0.29, 0.717) is 13.2 Å². The van der Waals surface area contributed by atoms with E-state index in [-0.39, 0.29) is 6.10 Å². The van der Waals surface area contributed by atoms with Crippen molar-refractivity contribution in [2.45, 2.75) is 19.1 Å². The van der Waals surface area contributed by atoms with E-state index in [0.717, 1.165) is 19.5 Å². The number of nitrogens with zero attached hydrogens (tertiary/aromatic N) is 1. The minimum absolute atomic E-state index is 0.379. The summed E-state index contributed by atoms with van der Waals surface area (Å²) in [6.07, 6.45) is 0.700. The normalized spacial score (nSPS) is 18.1. The molecular formula is C13H19NO2. The summed E-state index contributed by atoms with van der Waals surface area (Å²) in [5.74, 6) is 0. The molecule has 0 bridgehead atoms. The second-order valence-electron chi connectivity index (χ2n) is 4.36. The lowest BCUT2D eigenvalue weighted by atomic mass is 10.00. The summed E-state index contributed by atoms with van der Waals surface area (Å²) in [5.41, 5.74) is 2.83. The highest BCUT2D eigenvalue weighted by atomic mass is 16.5. The van der Waals surface area contributed by atoms with E-state index in [9.17, 15) is 5.11 Å². The summed E-state index contributed by atoms with van der Waals surface area (Å²) in [5, 5.41) is 9.68. The van der Waals surface area contributed by atoms with Crippen molar-refractivity contribution in [1.82, 2.24) is 4.90 Å². The minimum Gasteiger partial charge on any atom is -0.389 e. The molecule has 1 heterocycles. The fourth-order valence-electron chi connectivity index (χ4n) is 2.25. The smallest absolute Gasteiger partial charge is 0.0900 e. The zero-order valence-corrected chi connectivity index (χ0v) is 9.72. The molecule has 1 aromatic rings. The number of methoxy groups -OCH3 is 1. The standard InChI is InChI=1S/C13H19NO2/c1-16-10-13(15)9-14-7-6-11-4-2-3-5-12(11)8-14/h2-5,13,15H,6-10H2,1H3. The van der Waals surface area contributed by atoms with Gasteiger partial charge in [-0.1, -0.05) is 24.3 Å². The molecule has 0 aliphatic carbocycles. The highest BCUT2D eigenvalue weighted by Crippen LogP contribution is 2.18. The van der Waals surface area contributed by atoms with Gasteiger partial charge < -0.3 is 9.84 Å². The van der Waals surface area contributed by atoms with E-state index in [1.807, 2.05) is 0 Å². The molecule has 0 aromatic heterocycles. The highest BCUT2D eigenvalue weighted by molar-refractivity contribution is 5.29. The van der Waals surface area contributed by atoms with E-state index in [1.54, 1.807) is 7.11 Å². The SMILES string of the molecule is COCC(O)CN1CCc2ccccc2C1. The van der Waals surface area contributed by atoms with Gasteiger partial charge in [0, 0.05) is 26.7 Å². The lowest BCUT2D eigenvalue weighted by molar-refractivity contribution is 0.0346. The summed E-state index contributed by atoms with van der Waals surface area (Å²) in [4.78, 5) is 2.28. The molecule has 0 saturated heterocycles. The van der Waals surface area contributed by atoms with Gasteiger partial charge in [-0.15, -0.1) is 0 Å². The molecule has 1 aliphatic rings. The van der Waals surface area contributed by atoms with Crippen LogP contribution in [0.2, 0.25) is 0 Å². The third-order valence-electron chi connectivity index (χ3n) is 3.04. The average molecular weight is 221 g/mol. The number of benzene rings is 1. The number of ether oxygens (including phenoxy) is 1. The third kappa shape index (κ3) is 2.82.